The van der Waals surface area contributed by atoms with Crippen LogP contribution in [0, 0.1) is 0 Å². The lowest BCUT2D eigenvalue weighted by atomic mass is 10.1. The van der Waals surface area contributed by atoms with Gasteiger partial charge in [0.25, 0.3) is 0 Å². The predicted molar refractivity (Wildman–Crippen MR) is 50.5 cm³/mol. The molecule has 3 heteroatoms. The van der Waals surface area contributed by atoms with Gasteiger partial charge in [0.1, 0.15) is 11.9 Å². The van der Waals surface area contributed by atoms with E-state index in [0.29, 0.717) is 12.2 Å². The molecule has 13 heavy (non-hydrogen) atoms. The zero-order valence-corrected chi connectivity index (χ0v) is 7.66. The number of alkyl halides is 1. The van der Waals surface area contributed by atoms with Gasteiger partial charge in [-0.2, -0.15) is 0 Å². The molecule has 2 nitrogen and oxygen atoms in total. The van der Waals surface area contributed by atoms with Gasteiger partial charge in [-0.05, 0) is 24.6 Å². The normalized spacial score (nSPS) is 12.5. The van der Waals surface area contributed by atoms with Crippen LogP contribution in [0.1, 0.15) is 18.7 Å². The van der Waals surface area contributed by atoms with Crippen LogP contribution in [0.25, 0.3) is 0 Å². The summed E-state index contributed by atoms with van der Waals surface area (Å²) in [6, 6.07) is 6.90. The number of halogens is 1. The smallest absolute Gasteiger partial charge is 0.137 e. The fraction of sp³-hybridized carbons (Fsp3) is 0.400. The van der Waals surface area contributed by atoms with Gasteiger partial charge in [0.2, 0.25) is 0 Å². The van der Waals surface area contributed by atoms with Crippen molar-refractivity contribution in [3.05, 3.63) is 29.8 Å². The van der Waals surface area contributed by atoms with Gasteiger partial charge in [-0.15, -0.1) is 0 Å². The first-order chi connectivity index (χ1) is 6.27. The summed E-state index contributed by atoms with van der Waals surface area (Å²) >= 11 is 0. The molecule has 0 fully saturated rings. The molecule has 2 N–H and O–H groups in total. The van der Waals surface area contributed by atoms with E-state index in [1.54, 1.807) is 24.3 Å². The van der Waals surface area contributed by atoms with E-state index >= 15 is 0 Å². The van der Waals surface area contributed by atoms with Crippen molar-refractivity contribution in [2.45, 2.75) is 13.1 Å². The Bertz CT molecular complexity index is 248. The molecule has 0 heterocycles. The maximum Gasteiger partial charge on any atom is 0.137 e. The van der Waals surface area contributed by atoms with Gasteiger partial charge in [0.05, 0.1) is 6.61 Å². The Morgan fingerprint density at radius 3 is 2.46 bits per heavy atom. The number of nitrogens with two attached hydrogens (primary N) is 1. The molecule has 0 aliphatic carbocycles. The second-order valence-corrected chi connectivity index (χ2v) is 2.71. The first-order valence-electron chi connectivity index (χ1n) is 4.34. The zero-order valence-electron chi connectivity index (χ0n) is 7.66. The van der Waals surface area contributed by atoms with E-state index in [-0.39, 0.29) is 6.54 Å². The third-order valence-electron chi connectivity index (χ3n) is 1.76. The van der Waals surface area contributed by atoms with Crippen molar-refractivity contribution < 1.29 is 9.13 Å². The van der Waals surface area contributed by atoms with Crippen LogP contribution in [0.15, 0.2) is 24.3 Å². The lowest BCUT2D eigenvalue weighted by molar-refractivity contribution is 0.337. The van der Waals surface area contributed by atoms with Gasteiger partial charge in [-0.1, -0.05) is 12.1 Å². The first-order valence-corrected chi connectivity index (χ1v) is 4.34. The monoisotopic (exact) mass is 183 g/mol. The fourth-order valence-electron chi connectivity index (χ4n) is 1.08. The van der Waals surface area contributed by atoms with E-state index in [4.69, 9.17) is 10.5 Å². The maximum atomic E-state index is 13.0. The van der Waals surface area contributed by atoms with Gasteiger partial charge in [-0.3, -0.25) is 0 Å². The Balaban J connectivity index is 2.69. The molecule has 72 valence electrons. The van der Waals surface area contributed by atoms with E-state index in [1.807, 2.05) is 6.92 Å². The highest BCUT2D eigenvalue weighted by molar-refractivity contribution is 5.28. The second-order valence-electron chi connectivity index (χ2n) is 2.71. The average Bonchev–Trinajstić information content (AvgIpc) is 2.18. The van der Waals surface area contributed by atoms with Crippen molar-refractivity contribution in [1.82, 2.24) is 0 Å². The van der Waals surface area contributed by atoms with Crippen LogP contribution in [-0.4, -0.2) is 13.2 Å². The van der Waals surface area contributed by atoms with Gasteiger partial charge < -0.3 is 10.5 Å². The van der Waals surface area contributed by atoms with Gasteiger partial charge >= 0.3 is 0 Å². The van der Waals surface area contributed by atoms with Crippen LogP contribution < -0.4 is 10.5 Å². The van der Waals surface area contributed by atoms with Gasteiger partial charge in [0, 0.05) is 6.54 Å². The maximum absolute atomic E-state index is 13.0. The van der Waals surface area contributed by atoms with E-state index in [2.05, 4.69) is 0 Å². The highest BCUT2D eigenvalue weighted by Crippen LogP contribution is 2.19. The minimum atomic E-state index is -1.07. The van der Waals surface area contributed by atoms with Gasteiger partial charge in [0.15, 0.2) is 0 Å². The Morgan fingerprint density at radius 2 is 2.00 bits per heavy atom. The van der Waals surface area contributed by atoms with Crippen LogP contribution in [0.5, 0.6) is 5.75 Å². The SMILES string of the molecule is CCOc1ccc(C(F)CN)cc1. The predicted octanol–water partition coefficient (Wildman–Crippen LogP) is 2.05. The summed E-state index contributed by atoms with van der Waals surface area (Å²) in [5.41, 5.74) is 5.80. The summed E-state index contributed by atoms with van der Waals surface area (Å²) in [7, 11) is 0. The minimum Gasteiger partial charge on any atom is -0.494 e. The van der Waals surface area contributed by atoms with Crippen molar-refractivity contribution in [2.24, 2.45) is 5.73 Å². The summed E-state index contributed by atoms with van der Waals surface area (Å²) in [5.74, 6) is 0.760. The molecule has 0 aliphatic rings. The average molecular weight is 183 g/mol. The number of ether oxygens (including phenoxy) is 1. The lowest BCUT2D eigenvalue weighted by Gasteiger charge is -2.07. The van der Waals surface area contributed by atoms with E-state index in [0.717, 1.165) is 5.75 Å². The van der Waals surface area contributed by atoms with Crippen LogP contribution in [-0.2, 0) is 0 Å². The van der Waals surface area contributed by atoms with Crippen molar-refractivity contribution in [3.8, 4) is 5.75 Å². The first kappa shape index (κ1) is 9.99. The summed E-state index contributed by atoms with van der Waals surface area (Å²) < 4.78 is 18.2. The topological polar surface area (TPSA) is 35.2 Å². The quantitative estimate of drug-likeness (QED) is 0.775. The summed E-state index contributed by atoms with van der Waals surface area (Å²) in [6.45, 7) is 2.55. The summed E-state index contributed by atoms with van der Waals surface area (Å²) in [5, 5.41) is 0. The van der Waals surface area contributed by atoms with E-state index in [1.165, 1.54) is 0 Å². The van der Waals surface area contributed by atoms with E-state index in [9.17, 15) is 4.39 Å². The molecule has 0 spiro atoms. The Morgan fingerprint density at radius 1 is 1.38 bits per heavy atom. The molecular formula is C10H14FNO. The van der Waals surface area contributed by atoms with Crippen molar-refractivity contribution in [3.63, 3.8) is 0 Å². The molecule has 0 amide bonds. The lowest BCUT2D eigenvalue weighted by Crippen LogP contribution is -2.07. The molecule has 1 atom stereocenters. The van der Waals surface area contributed by atoms with Crippen LogP contribution >= 0.6 is 0 Å². The molecule has 0 bridgehead atoms. The van der Waals surface area contributed by atoms with Crippen molar-refractivity contribution in [1.29, 1.82) is 0 Å². The largest absolute Gasteiger partial charge is 0.494 e. The standard InChI is InChI=1S/C10H14FNO/c1-2-13-9-5-3-8(4-6-9)10(11)7-12/h3-6,10H,2,7,12H2,1H3. The fourth-order valence-corrected chi connectivity index (χ4v) is 1.08. The molecule has 0 aliphatic heterocycles. The van der Waals surface area contributed by atoms with Crippen LogP contribution in [0.4, 0.5) is 4.39 Å². The van der Waals surface area contributed by atoms with Crippen LogP contribution in [0.3, 0.4) is 0 Å². The number of benzene rings is 1. The molecule has 1 aromatic rings. The second kappa shape index (κ2) is 4.82. The molecule has 0 saturated heterocycles. The van der Waals surface area contributed by atoms with Gasteiger partial charge in [-0.25, -0.2) is 4.39 Å². The van der Waals surface area contributed by atoms with Crippen LogP contribution in [0.2, 0.25) is 0 Å². The number of hydrogen-bond acceptors (Lipinski definition) is 2. The minimum absolute atomic E-state index is 0.0218. The van der Waals surface area contributed by atoms with Crippen molar-refractivity contribution >= 4 is 0 Å². The Labute approximate surface area is 77.5 Å². The molecule has 0 aromatic heterocycles. The Hall–Kier alpha value is -1.09. The molecule has 1 aromatic carbocycles. The molecule has 1 rings (SSSR count). The zero-order chi connectivity index (χ0) is 9.68. The van der Waals surface area contributed by atoms with Crippen molar-refractivity contribution in [2.75, 3.05) is 13.2 Å². The highest BCUT2D eigenvalue weighted by atomic mass is 19.1. The highest BCUT2D eigenvalue weighted by Gasteiger charge is 2.06. The number of hydrogen-bond donors (Lipinski definition) is 1. The summed E-state index contributed by atoms with van der Waals surface area (Å²) in [6.07, 6.45) is -1.07. The Kier molecular flexibility index (Phi) is 3.71. The van der Waals surface area contributed by atoms with E-state index < -0.39 is 6.17 Å². The molecular weight excluding hydrogens is 169 g/mol. The summed E-state index contributed by atoms with van der Waals surface area (Å²) in [4.78, 5) is 0. The molecule has 0 saturated carbocycles. The number of rotatable bonds is 4. The molecule has 0 radical (unpaired) electrons. The third kappa shape index (κ3) is 2.70. The molecule has 1 unspecified atom stereocenters. The third-order valence-corrected chi connectivity index (χ3v) is 1.76.